The van der Waals surface area contributed by atoms with Crippen LogP contribution in [0.2, 0.25) is 0 Å². The molecule has 0 radical (unpaired) electrons. The second-order valence-corrected chi connectivity index (χ2v) is 7.36. The molecule has 0 aromatic heterocycles. The lowest BCUT2D eigenvalue weighted by atomic mass is 10.1. The maximum atomic E-state index is 12.6. The fourth-order valence-corrected chi connectivity index (χ4v) is 3.66. The summed E-state index contributed by atoms with van der Waals surface area (Å²) in [4.78, 5) is 15.0. The van der Waals surface area contributed by atoms with E-state index in [9.17, 15) is 4.79 Å². The molecule has 4 N–H and O–H groups in total. The van der Waals surface area contributed by atoms with Crippen molar-refractivity contribution in [2.45, 2.75) is 26.2 Å². The highest BCUT2D eigenvalue weighted by atomic mass is 16.1. The van der Waals surface area contributed by atoms with E-state index in [4.69, 9.17) is 0 Å². The molecule has 0 aliphatic carbocycles. The molecule has 0 saturated carbocycles. The Labute approximate surface area is 166 Å². The van der Waals surface area contributed by atoms with Gasteiger partial charge in [-0.15, -0.1) is 0 Å². The number of dihydropyridines is 1. The first-order chi connectivity index (χ1) is 13.7. The van der Waals surface area contributed by atoms with Crippen LogP contribution in [0.15, 0.2) is 71.4 Å². The second kappa shape index (κ2) is 8.25. The van der Waals surface area contributed by atoms with E-state index >= 15 is 0 Å². The molecule has 1 aromatic rings. The average Bonchev–Trinajstić information content (AvgIpc) is 2.75. The van der Waals surface area contributed by atoms with Crippen molar-refractivity contribution in [3.05, 3.63) is 76.9 Å². The van der Waals surface area contributed by atoms with Crippen molar-refractivity contribution in [3.63, 3.8) is 0 Å². The number of nitrogens with one attached hydrogen (secondary N) is 4. The number of amides is 1. The number of hydrogen-bond donors (Lipinski definition) is 4. The van der Waals surface area contributed by atoms with Crippen LogP contribution in [0.4, 0.5) is 5.69 Å². The quantitative estimate of drug-likeness (QED) is 0.650. The maximum absolute atomic E-state index is 12.6. The molecule has 3 aliphatic heterocycles. The monoisotopic (exact) mass is 377 g/mol. The van der Waals surface area contributed by atoms with Gasteiger partial charge in [0.15, 0.2) is 0 Å². The Morgan fingerprint density at radius 3 is 2.61 bits per heavy atom. The Hall–Kier alpha value is -3.15. The van der Waals surface area contributed by atoms with Gasteiger partial charge in [0.25, 0.3) is 5.91 Å². The SMILES string of the molecule is CC1=CCNC(C2=CNNC(NC(=O)c3ccc(N4CCCCC4)cc3)=C2)=C1. The number of allylic oxidation sites excluding steroid dienone is 3. The van der Waals surface area contributed by atoms with E-state index in [-0.39, 0.29) is 5.91 Å². The van der Waals surface area contributed by atoms with Crippen LogP contribution in [0.5, 0.6) is 0 Å². The molecular weight excluding hydrogens is 350 g/mol. The molecule has 1 fully saturated rings. The lowest BCUT2D eigenvalue weighted by Gasteiger charge is -2.28. The largest absolute Gasteiger partial charge is 0.381 e. The van der Waals surface area contributed by atoms with E-state index in [1.54, 1.807) is 0 Å². The molecule has 6 nitrogen and oxygen atoms in total. The molecule has 4 rings (SSSR count). The summed E-state index contributed by atoms with van der Waals surface area (Å²) in [6, 6.07) is 7.87. The highest BCUT2D eigenvalue weighted by Crippen LogP contribution is 2.20. The predicted molar refractivity (Wildman–Crippen MR) is 112 cm³/mol. The lowest BCUT2D eigenvalue weighted by molar-refractivity contribution is 0.0962. The predicted octanol–water partition coefficient (Wildman–Crippen LogP) is 2.67. The summed E-state index contributed by atoms with van der Waals surface area (Å²) in [6.45, 7) is 5.08. The van der Waals surface area contributed by atoms with Crippen molar-refractivity contribution < 1.29 is 4.79 Å². The first-order valence-electron chi connectivity index (χ1n) is 9.91. The number of rotatable bonds is 4. The molecule has 3 aliphatic rings. The number of nitrogens with zero attached hydrogens (tertiary/aromatic N) is 1. The normalized spacial score (nSPS) is 19.1. The van der Waals surface area contributed by atoms with E-state index < -0.39 is 0 Å². The molecule has 1 amide bonds. The number of hydrogen-bond acceptors (Lipinski definition) is 5. The highest BCUT2D eigenvalue weighted by Gasteiger charge is 2.15. The minimum atomic E-state index is -0.131. The van der Waals surface area contributed by atoms with E-state index in [0.717, 1.165) is 30.9 Å². The van der Waals surface area contributed by atoms with Crippen molar-refractivity contribution in [1.82, 2.24) is 21.5 Å². The molecule has 146 valence electrons. The van der Waals surface area contributed by atoms with Crippen LogP contribution in [0.3, 0.4) is 0 Å². The third-order valence-corrected chi connectivity index (χ3v) is 5.23. The van der Waals surface area contributed by atoms with Gasteiger partial charge in [-0.1, -0.05) is 11.6 Å². The van der Waals surface area contributed by atoms with Crippen LogP contribution < -0.4 is 26.4 Å². The number of piperidine rings is 1. The fraction of sp³-hybridized carbons (Fsp3) is 0.318. The van der Waals surface area contributed by atoms with Crippen molar-refractivity contribution in [2.24, 2.45) is 0 Å². The summed E-state index contributed by atoms with van der Waals surface area (Å²) in [5.74, 6) is 0.492. The summed E-state index contributed by atoms with van der Waals surface area (Å²) in [6.07, 6.45) is 11.8. The zero-order valence-electron chi connectivity index (χ0n) is 16.2. The summed E-state index contributed by atoms with van der Waals surface area (Å²) < 4.78 is 0. The molecule has 1 saturated heterocycles. The van der Waals surface area contributed by atoms with Gasteiger partial charge < -0.3 is 21.0 Å². The molecule has 3 heterocycles. The Balaban J connectivity index is 1.41. The molecule has 0 bridgehead atoms. The van der Waals surface area contributed by atoms with Crippen molar-refractivity contribution in [2.75, 3.05) is 24.5 Å². The van der Waals surface area contributed by atoms with Gasteiger partial charge in [0.2, 0.25) is 0 Å². The third kappa shape index (κ3) is 4.22. The summed E-state index contributed by atoms with van der Waals surface area (Å²) in [5.41, 5.74) is 11.1. The number of benzene rings is 1. The van der Waals surface area contributed by atoms with Crippen LogP contribution in [0, 0.1) is 0 Å². The summed E-state index contributed by atoms with van der Waals surface area (Å²) >= 11 is 0. The Morgan fingerprint density at radius 1 is 1.07 bits per heavy atom. The lowest BCUT2D eigenvalue weighted by Crippen LogP contribution is -2.40. The van der Waals surface area contributed by atoms with Gasteiger partial charge >= 0.3 is 0 Å². The topological polar surface area (TPSA) is 68.4 Å². The molecule has 6 heteroatoms. The average molecular weight is 377 g/mol. The van der Waals surface area contributed by atoms with Gasteiger partial charge in [0.05, 0.1) is 0 Å². The van der Waals surface area contributed by atoms with E-state index in [2.05, 4.69) is 45.5 Å². The maximum Gasteiger partial charge on any atom is 0.256 e. The Bertz CT molecular complexity index is 857. The van der Waals surface area contributed by atoms with Crippen LogP contribution in [0.1, 0.15) is 36.5 Å². The summed E-state index contributed by atoms with van der Waals surface area (Å²) in [5, 5.41) is 6.29. The van der Waals surface area contributed by atoms with Crippen molar-refractivity contribution >= 4 is 11.6 Å². The van der Waals surface area contributed by atoms with Gasteiger partial charge in [-0.2, -0.15) is 0 Å². The zero-order valence-corrected chi connectivity index (χ0v) is 16.2. The van der Waals surface area contributed by atoms with Gasteiger partial charge in [-0.3, -0.25) is 10.2 Å². The molecule has 1 aromatic carbocycles. The van der Waals surface area contributed by atoms with Crippen LogP contribution in [0.25, 0.3) is 0 Å². The minimum absolute atomic E-state index is 0.131. The first-order valence-corrected chi connectivity index (χ1v) is 9.91. The van der Waals surface area contributed by atoms with E-state index in [1.165, 1.54) is 30.5 Å². The molecule has 0 spiro atoms. The van der Waals surface area contributed by atoms with Gasteiger partial charge in [-0.25, -0.2) is 0 Å². The smallest absolute Gasteiger partial charge is 0.256 e. The van der Waals surface area contributed by atoms with Crippen LogP contribution in [-0.2, 0) is 0 Å². The molecule has 0 atom stereocenters. The number of hydrazine groups is 1. The zero-order chi connectivity index (χ0) is 19.3. The molecule has 0 unspecified atom stereocenters. The van der Waals surface area contributed by atoms with Crippen LogP contribution in [-0.4, -0.2) is 25.5 Å². The van der Waals surface area contributed by atoms with Gasteiger partial charge in [0.1, 0.15) is 5.82 Å². The van der Waals surface area contributed by atoms with E-state index in [1.807, 2.05) is 36.5 Å². The van der Waals surface area contributed by atoms with Gasteiger partial charge in [-0.05, 0) is 62.6 Å². The Morgan fingerprint density at radius 2 is 1.86 bits per heavy atom. The van der Waals surface area contributed by atoms with Gasteiger partial charge in [0, 0.05) is 48.4 Å². The molecule has 28 heavy (non-hydrogen) atoms. The Kier molecular flexibility index (Phi) is 5.37. The van der Waals surface area contributed by atoms with E-state index in [0.29, 0.717) is 11.4 Å². The van der Waals surface area contributed by atoms with Crippen molar-refractivity contribution in [3.8, 4) is 0 Å². The standard InChI is InChI=1S/C22H27N5O/c1-16-9-10-23-20(13-16)18-14-21(26-24-15-18)25-22(28)17-5-7-19(8-6-17)27-11-3-2-4-12-27/h5-9,13-15,23-24,26H,2-4,10-12H2,1H3,(H,25,28). The number of carbonyl (C=O) groups excluding carboxylic acids is 1. The highest BCUT2D eigenvalue weighted by molar-refractivity contribution is 5.95. The third-order valence-electron chi connectivity index (χ3n) is 5.23. The summed E-state index contributed by atoms with van der Waals surface area (Å²) in [7, 11) is 0. The second-order valence-electron chi connectivity index (χ2n) is 7.36. The number of carbonyl (C=O) groups is 1. The van der Waals surface area contributed by atoms with Crippen LogP contribution >= 0.6 is 0 Å². The number of anilines is 1. The fourth-order valence-electron chi connectivity index (χ4n) is 3.66. The molecular formula is C22H27N5O. The van der Waals surface area contributed by atoms with Crippen molar-refractivity contribution in [1.29, 1.82) is 0 Å². The minimum Gasteiger partial charge on any atom is -0.381 e. The first kappa shape index (κ1) is 18.2.